The summed E-state index contributed by atoms with van der Waals surface area (Å²) in [5.41, 5.74) is 2.04. The van der Waals surface area contributed by atoms with Crippen LogP contribution in [0.5, 0.6) is 11.5 Å². The second-order valence-corrected chi connectivity index (χ2v) is 8.45. The number of hydrogen-bond acceptors (Lipinski definition) is 4. The molecule has 1 aliphatic heterocycles. The first-order valence-corrected chi connectivity index (χ1v) is 10.9. The van der Waals surface area contributed by atoms with Crippen molar-refractivity contribution in [3.63, 3.8) is 0 Å². The number of piperidine rings is 1. The summed E-state index contributed by atoms with van der Waals surface area (Å²) in [6.07, 6.45) is 1.66. The van der Waals surface area contributed by atoms with Crippen molar-refractivity contribution in [2.45, 2.75) is 32.4 Å². The standard InChI is InChI=1S/C23H28Cl2N2O3/c1-15(19-13-18(29-2)5-7-22(19)30-3)26-23(28)17-8-10-27(11-9-17)14-16-4-6-20(24)21(25)12-16/h4-7,12-13,15,17H,8-11,14H2,1-3H3,(H,26,28)/t15-/m0/s1. The lowest BCUT2D eigenvalue weighted by Crippen LogP contribution is -2.40. The molecule has 0 spiro atoms. The fraction of sp³-hybridized carbons (Fsp3) is 0.435. The Bertz CT molecular complexity index is 883. The van der Waals surface area contributed by atoms with Crippen LogP contribution < -0.4 is 14.8 Å². The van der Waals surface area contributed by atoms with Crippen LogP contribution in [0.25, 0.3) is 0 Å². The van der Waals surface area contributed by atoms with Gasteiger partial charge in [-0.2, -0.15) is 0 Å². The number of ether oxygens (including phenoxy) is 2. The van der Waals surface area contributed by atoms with E-state index in [1.807, 2.05) is 43.3 Å². The smallest absolute Gasteiger partial charge is 0.223 e. The molecule has 0 aliphatic carbocycles. The topological polar surface area (TPSA) is 50.8 Å². The highest BCUT2D eigenvalue weighted by Gasteiger charge is 2.26. The van der Waals surface area contributed by atoms with Crippen LogP contribution in [0.15, 0.2) is 36.4 Å². The van der Waals surface area contributed by atoms with Gasteiger partial charge >= 0.3 is 0 Å². The predicted octanol–water partition coefficient (Wildman–Crippen LogP) is 5.10. The first-order valence-electron chi connectivity index (χ1n) is 10.1. The number of nitrogens with zero attached hydrogens (tertiary/aromatic N) is 1. The molecule has 2 aromatic carbocycles. The monoisotopic (exact) mass is 450 g/mol. The van der Waals surface area contributed by atoms with Crippen LogP contribution in [0.4, 0.5) is 0 Å². The molecule has 1 amide bonds. The maximum atomic E-state index is 12.8. The molecule has 1 N–H and O–H groups in total. The Morgan fingerprint density at radius 2 is 1.83 bits per heavy atom. The van der Waals surface area contributed by atoms with E-state index in [2.05, 4.69) is 10.2 Å². The van der Waals surface area contributed by atoms with Crippen molar-refractivity contribution in [3.05, 3.63) is 57.6 Å². The zero-order valence-corrected chi connectivity index (χ0v) is 19.1. The van der Waals surface area contributed by atoms with Gasteiger partial charge in [0.25, 0.3) is 0 Å². The van der Waals surface area contributed by atoms with Gasteiger partial charge < -0.3 is 14.8 Å². The van der Waals surface area contributed by atoms with E-state index in [1.54, 1.807) is 14.2 Å². The maximum Gasteiger partial charge on any atom is 0.223 e. The predicted molar refractivity (Wildman–Crippen MR) is 121 cm³/mol. The maximum absolute atomic E-state index is 12.8. The number of hydrogen-bond donors (Lipinski definition) is 1. The summed E-state index contributed by atoms with van der Waals surface area (Å²) in [5, 5.41) is 4.29. The highest BCUT2D eigenvalue weighted by Crippen LogP contribution is 2.30. The fourth-order valence-corrected chi connectivity index (χ4v) is 4.16. The third kappa shape index (κ3) is 5.60. The van der Waals surface area contributed by atoms with Gasteiger partial charge in [-0.25, -0.2) is 0 Å². The average molecular weight is 451 g/mol. The molecule has 0 saturated carbocycles. The number of carbonyl (C=O) groups excluding carboxylic acids is 1. The fourth-order valence-electron chi connectivity index (χ4n) is 3.84. The highest BCUT2D eigenvalue weighted by molar-refractivity contribution is 6.42. The van der Waals surface area contributed by atoms with Gasteiger partial charge in [0.1, 0.15) is 11.5 Å². The normalized spacial score (nSPS) is 16.2. The van der Waals surface area contributed by atoms with Gasteiger partial charge in [0.05, 0.1) is 30.3 Å². The second-order valence-electron chi connectivity index (χ2n) is 7.64. The summed E-state index contributed by atoms with van der Waals surface area (Å²) in [6, 6.07) is 11.2. The minimum absolute atomic E-state index is 0.00843. The van der Waals surface area contributed by atoms with E-state index < -0.39 is 0 Å². The summed E-state index contributed by atoms with van der Waals surface area (Å²) in [6.45, 7) is 4.52. The van der Waals surface area contributed by atoms with E-state index in [-0.39, 0.29) is 17.9 Å². The molecule has 1 aliphatic rings. The molecular weight excluding hydrogens is 423 g/mol. The Morgan fingerprint density at radius 1 is 1.10 bits per heavy atom. The SMILES string of the molecule is COc1ccc(OC)c([C@H](C)NC(=O)C2CCN(Cc3ccc(Cl)c(Cl)c3)CC2)c1. The van der Waals surface area contributed by atoms with Crippen molar-refractivity contribution < 1.29 is 14.3 Å². The van der Waals surface area contributed by atoms with E-state index in [1.165, 1.54) is 0 Å². The summed E-state index contributed by atoms with van der Waals surface area (Å²) in [5.74, 6) is 1.57. The quantitative estimate of drug-likeness (QED) is 0.637. The van der Waals surface area contributed by atoms with Gasteiger partial charge in [-0.1, -0.05) is 29.3 Å². The Balaban J connectivity index is 1.54. The van der Waals surface area contributed by atoms with Crippen LogP contribution in [0.2, 0.25) is 10.0 Å². The molecule has 0 unspecified atom stereocenters. The average Bonchev–Trinajstić information content (AvgIpc) is 2.76. The molecule has 1 atom stereocenters. The third-order valence-corrected chi connectivity index (χ3v) is 6.35. The Kier molecular flexibility index (Phi) is 7.87. The van der Waals surface area contributed by atoms with Crippen LogP contribution in [0.3, 0.4) is 0 Å². The Morgan fingerprint density at radius 3 is 2.47 bits per heavy atom. The summed E-state index contributed by atoms with van der Waals surface area (Å²) in [4.78, 5) is 15.2. The van der Waals surface area contributed by atoms with Gasteiger partial charge in [-0.05, 0) is 68.8 Å². The molecule has 1 heterocycles. The third-order valence-electron chi connectivity index (χ3n) is 5.61. The van der Waals surface area contributed by atoms with E-state index in [0.29, 0.717) is 10.0 Å². The van der Waals surface area contributed by atoms with Crippen molar-refractivity contribution in [2.24, 2.45) is 5.92 Å². The van der Waals surface area contributed by atoms with Crippen LogP contribution in [0.1, 0.15) is 36.9 Å². The minimum atomic E-state index is -0.170. The van der Waals surface area contributed by atoms with E-state index in [0.717, 1.165) is 55.1 Å². The van der Waals surface area contributed by atoms with Crippen molar-refractivity contribution in [1.29, 1.82) is 0 Å². The molecule has 0 radical (unpaired) electrons. The van der Waals surface area contributed by atoms with Crippen LogP contribution in [0, 0.1) is 5.92 Å². The number of amides is 1. The van der Waals surface area contributed by atoms with Crippen LogP contribution in [-0.2, 0) is 11.3 Å². The first-order chi connectivity index (χ1) is 14.4. The van der Waals surface area contributed by atoms with E-state index >= 15 is 0 Å². The molecule has 5 nitrogen and oxygen atoms in total. The molecule has 30 heavy (non-hydrogen) atoms. The molecular formula is C23H28Cl2N2O3. The van der Waals surface area contributed by atoms with Crippen molar-refractivity contribution in [3.8, 4) is 11.5 Å². The largest absolute Gasteiger partial charge is 0.497 e. The zero-order chi connectivity index (χ0) is 21.7. The van der Waals surface area contributed by atoms with Gasteiger partial charge in [-0.3, -0.25) is 9.69 Å². The van der Waals surface area contributed by atoms with Crippen molar-refractivity contribution in [1.82, 2.24) is 10.2 Å². The van der Waals surface area contributed by atoms with Gasteiger partial charge in [0, 0.05) is 18.0 Å². The zero-order valence-electron chi connectivity index (χ0n) is 17.6. The number of methoxy groups -OCH3 is 2. The second kappa shape index (κ2) is 10.4. The molecule has 2 aromatic rings. The van der Waals surface area contributed by atoms with E-state index in [9.17, 15) is 4.79 Å². The summed E-state index contributed by atoms with van der Waals surface area (Å²) in [7, 11) is 3.25. The Hall–Kier alpha value is -1.95. The minimum Gasteiger partial charge on any atom is -0.497 e. The summed E-state index contributed by atoms with van der Waals surface area (Å²) < 4.78 is 10.8. The molecule has 1 saturated heterocycles. The lowest BCUT2D eigenvalue weighted by atomic mass is 9.94. The lowest BCUT2D eigenvalue weighted by molar-refractivity contribution is -0.127. The first kappa shape index (κ1) is 22.7. The number of carbonyl (C=O) groups is 1. The van der Waals surface area contributed by atoms with Gasteiger partial charge in [0.2, 0.25) is 5.91 Å². The number of likely N-dealkylation sites (tertiary alicyclic amines) is 1. The highest BCUT2D eigenvalue weighted by atomic mass is 35.5. The number of rotatable bonds is 7. The number of halogens is 2. The number of benzene rings is 2. The summed E-state index contributed by atoms with van der Waals surface area (Å²) >= 11 is 12.1. The molecule has 162 valence electrons. The van der Waals surface area contributed by atoms with Crippen LogP contribution >= 0.6 is 23.2 Å². The van der Waals surface area contributed by atoms with Crippen LogP contribution in [-0.4, -0.2) is 38.1 Å². The van der Waals surface area contributed by atoms with E-state index in [4.69, 9.17) is 32.7 Å². The lowest BCUT2D eigenvalue weighted by Gasteiger charge is -2.32. The van der Waals surface area contributed by atoms with Crippen molar-refractivity contribution in [2.75, 3.05) is 27.3 Å². The Labute approximate surface area is 188 Å². The number of nitrogens with one attached hydrogen (secondary N) is 1. The van der Waals surface area contributed by atoms with Crippen molar-refractivity contribution >= 4 is 29.1 Å². The molecule has 7 heteroatoms. The molecule has 0 bridgehead atoms. The molecule has 1 fully saturated rings. The molecule has 0 aromatic heterocycles. The van der Waals surface area contributed by atoms with Gasteiger partial charge in [0.15, 0.2) is 0 Å². The molecule has 3 rings (SSSR count). The van der Waals surface area contributed by atoms with Gasteiger partial charge in [-0.15, -0.1) is 0 Å².